The zero-order valence-electron chi connectivity index (χ0n) is 11.6. The fourth-order valence-corrected chi connectivity index (χ4v) is 1.75. The lowest BCUT2D eigenvalue weighted by molar-refractivity contribution is 0.0858. The molecule has 1 fully saturated rings. The molecule has 15 heavy (non-hydrogen) atoms. The van der Waals surface area contributed by atoms with Crippen molar-refractivity contribution in [2.75, 3.05) is 13.2 Å². The van der Waals surface area contributed by atoms with Gasteiger partial charge in [-0.2, -0.15) is 0 Å². The Hall–Kier alpha value is -0.0400. The molecule has 0 atom stereocenters. The summed E-state index contributed by atoms with van der Waals surface area (Å²) in [5.74, 6) is 0.885. The standard InChI is InChI=1S/C10H20O.2C2H6/c1-2-8-11-9-10-6-4-3-5-7-10;2*1-2/h10H,2-9H2,1H3;2*1-2H3. The van der Waals surface area contributed by atoms with Crippen molar-refractivity contribution in [1.82, 2.24) is 0 Å². The van der Waals surface area contributed by atoms with Crippen LogP contribution in [-0.4, -0.2) is 13.2 Å². The average molecular weight is 216 g/mol. The minimum absolute atomic E-state index is 0.885. The molecule has 0 saturated heterocycles. The van der Waals surface area contributed by atoms with Crippen molar-refractivity contribution in [3.8, 4) is 0 Å². The third-order valence-corrected chi connectivity index (χ3v) is 2.43. The van der Waals surface area contributed by atoms with Crippen LogP contribution in [0, 0.1) is 5.92 Å². The summed E-state index contributed by atoms with van der Waals surface area (Å²) >= 11 is 0. The van der Waals surface area contributed by atoms with Crippen LogP contribution in [0.25, 0.3) is 0 Å². The van der Waals surface area contributed by atoms with E-state index in [9.17, 15) is 0 Å². The summed E-state index contributed by atoms with van der Waals surface area (Å²) in [4.78, 5) is 0. The Morgan fingerprint density at radius 3 is 1.93 bits per heavy atom. The number of hydrogen-bond acceptors (Lipinski definition) is 1. The quantitative estimate of drug-likeness (QED) is 0.598. The topological polar surface area (TPSA) is 9.23 Å². The van der Waals surface area contributed by atoms with E-state index in [0.717, 1.165) is 25.6 Å². The van der Waals surface area contributed by atoms with Gasteiger partial charge in [0.1, 0.15) is 0 Å². The predicted molar refractivity (Wildman–Crippen MR) is 70.4 cm³/mol. The molecule has 1 saturated carbocycles. The van der Waals surface area contributed by atoms with Crippen molar-refractivity contribution < 1.29 is 4.74 Å². The first-order valence-electron chi connectivity index (χ1n) is 7.01. The second-order valence-electron chi connectivity index (χ2n) is 3.58. The van der Waals surface area contributed by atoms with Crippen LogP contribution in [0.15, 0.2) is 0 Å². The molecule has 1 rings (SSSR count). The minimum atomic E-state index is 0.885. The normalized spacial score (nSPS) is 15.8. The Labute approximate surface area is 97.6 Å². The molecule has 1 heteroatoms. The third-order valence-electron chi connectivity index (χ3n) is 2.43. The summed E-state index contributed by atoms with van der Waals surface area (Å²) in [6.45, 7) is 12.1. The molecule has 0 aromatic carbocycles. The van der Waals surface area contributed by atoms with Gasteiger partial charge < -0.3 is 4.74 Å². The maximum absolute atomic E-state index is 5.52. The SMILES string of the molecule is CC.CC.CCCOCC1CCCCC1. The molecule has 1 aliphatic rings. The maximum atomic E-state index is 5.52. The molecule has 0 radical (unpaired) electrons. The van der Waals surface area contributed by atoms with E-state index in [4.69, 9.17) is 4.74 Å². The molecule has 0 aromatic heterocycles. The fraction of sp³-hybridized carbons (Fsp3) is 1.00. The van der Waals surface area contributed by atoms with Gasteiger partial charge in [-0.05, 0) is 25.2 Å². The monoisotopic (exact) mass is 216 g/mol. The highest BCUT2D eigenvalue weighted by Crippen LogP contribution is 2.23. The zero-order chi connectivity index (χ0) is 11.9. The van der Waals surface area contributed by atoms with E-state index >= 15 is 0 Å². The number of ether oxygens (including phenoxy) is 1. The van der Waals surface area contributed by atoms with Gasteiger partial charge in [0.05, 0.1) is 0 Å². The molecule has 1 aliphatic carbocycles. The van der Waals surface area contributed by atoms with Crippen molar-refractivity contribution in [3.05, 3.63) is 0 Å². The lowest BCUT2D eigenvalue weighted by atomic mass is 9.90. The van der Waals surface area contributed by atoms with E-state index in [-0.39, 0.29) is 0 Å². The van der Waals surface area contributed by atoms with Crippen LogP contribution in [0.2, 0.25) is 0 Å². The highest BCUT2D eigenvalue weighted by molar-refractivity contribution is 4.64. The lowest BCUT2D eigenvalue weighted by Crippen LogP contribution is -2.13. The van der Waals surface area contributed by atoms with E-state index in [1.165, 1.54) is 32.1 Å². The highest BCUT2D eigenvalue weighted by Gasteiger charge is 2.12. The number of hydrogen-bond donors (Lipinski definition) is 0. The van der Waals surface area contributed by atoms with Crippen molar-refractivity contribution in [2.24, 2.45) is 5.92 Å². The van der Waals surface area contributed by atoms with Gasteiger partial charge >= 0.3 is 0 Å². The van der Waals surface area contributed by atoms with E-state index in [1.54, 1.807) is 0 Å². The van der Waals surface area contributed by atoms with Crippen molar-refractivity contribution in [2.45, 2.75) is 73.1 Å². The fourth-order valence-electron chi connectivity index (χ4n) is 1.75. The van der Waals surface area contributed by atoms with Gasteiger partial charge in [0.25, 0.3) is 0 Å². The van der Waals surface area contributed by atoms with Crippen molar-refractivity contribution >= 4 is 0 Å². The molecule has 94 valence electrons. The molecule has 0 heterocycles. The second kappa shape index (κ2) is 16.4. The van der Waals surface area contributed by atoms with Gasteiger partial charge in [-0.1, -0.05) is 53.9 Å². The molecule has 0 spiro atoms. The van der Waals surface area contributed by atoms with Gasteiger partial charge in [-0.3, -0.25) is 0 Å². The van der Waals surface area contributed by atoms with Gasteiger partial charge in [-0.15, -0.1) is 0 Å². The smallest absolute Gasteiger partial charge is 0.0494 e. The Balaban J connectivity index is 0. The van der Waals surface area contributed by atoms with Gasteiger partial charge in [-0.25, -0.2) is 0 Å². The Kier molecular flexibility index (Phi) is 19.0. The molecule has 0 aliphatic heterocycles. The zero-order valence-corrected chi connectivity index (χ0v) is 11.6. The summed E-state index contributed by atoms with van der Waals surface area (Å²) < 4.78 is 5.52. The summed E-state index contributed by atoms with van der Waals surface area (Å²) in [5.41, 5.74) is 0. The molecular weight excluding hydrogens is 184 g/mol. The van der Waals surface area contributed by atoms with Crippen LogP contribution in [0.1, 0.15) is 73.1 Å². The lowest BCUT2D eigenvalue weighted by Gasteiger charge is -2.20. The van der Waals surface area contributed by atoms with E-state index in [1.807, 2.05) is 27.7 Å². The maximum Gasteiger partial charge on any atom is 0.0494 e. The number of rotatable bonds is 4. The first-order valence-corrected chi connectivity index (χ1v) is 7.01. The molecule has 0 unspecified atom stereocenters. The van der Waals surface area contributed by atoms with Crippen LogP contribution >= 0.6 is 0 Å². The summed E-state index contributed by atoms with van der Waals surface area (Å²) in [5, 5.41) is 0. The van der Waals surface area contributed by atoms with Crippen LogP contribution < -0.4 is 0 Å². The van der Waals surface area contributed by atoms with Gasteiger partial charge in [0.2, 0.25) is 0 Å². The van der Waals surface area contributed by atoms with Crippen molar-refractivity contribution in [3.63, 3.8) is 0 Å². The van der Waals surface area contributed by atoms with Crippen LogP contribution in [0.5, 0.6) is 0 Å². The van der Waals surface area contributed by atoms with Crippen molar-refractivity contribution in [1.29, 1.82) is 0 Å². The highest BCUT2D eigenvalue weighted by atomic mass is 16.5. The average Bonchev–Trinajstić information content (AvgIpc) is 2.36. The largest absolute Gasteiger partial charge is 0.381 e. The summed E-state index contributed by atoms with van der Waals surface area (Å²) in [7, 11) is 0. The molecule has 0 bridgehead atoms. The first kappa shape index (κ1) is 17.4. The molecule has 0 N–H and O–H groups in total. The van der Waals surface area contributed by atoms with Crippen LogP contribution in [0.3, 0.4) is 0 Å². The third kappa shape index (κ3) is 11.9. The Morgan fingerprint density at radius 2 is 1.47 bits per heavy atom. The molecular formula is C14H32O. The molecule has 0 amide bonds. The summed E-state index contributed by atoms with van der Waals surface area (Å²) in [6, 6.07) is 0. The van der Waals surface area contributed by atoms with E-state index < -0.39 is 0 Å². The minimum Gasteiger partial charge on any atom is -0.381 e. The second-order valence-corrected chi connectivity index (χ2v) is 3.58. The first-order chi connectivity index (χ1) is 7.43. The molecule has 0 aromatic rings. The van der Waals surface area contributed by atoms with Gasteiger partial charge in [0, 0.05) is 13.2 Å². The Morgan fingerprint density at radius 1 is 0.933 bits per heavy atom. The van der Waals surface area contributed by atoms with E-state index in [0.29, 0.717) is 0 Å². The van der Waals surface area contributed by atoms with E-state index in [2.05, 4.69) is 6.92 Å². The predicted octanol–water partition coefficient (Wildman–Crippen LogP) is 5.05. The van der Waals surface area contributed by atoms with Gasteiger partial charge in [0.15, 0.2) is 0 Å². The summed E-state index contributed by atoms with van der Waals surface area (Å²) in [6.07, 6.45) is 8.28. The molecule has 1 nitrogen and oxygen atoms in total. The van der Waals surface area contributed by atoms with Crippen LogP contribution in [-0.2, 0) is 4.74 Å². The van der Waals surface area contributed by atoms with Crippen LogP contribution in [0.4, 0.5) is 0 Å². The Bertz CT molecular complexity index is 85.3.